The summed E-state index contributed by atoms with van der Waals surface area (Å²) in [6.45, 7) is 3.12. The Morgan fingerprint density at radius 2 is 1.62 bits per heavy atom. The fourth-order valence-corrected chi connectivity index (χ4v) is 4.46. The molecular formula is C26H25F2N3O2S. The lowest BCUT2D eigenvalue weighted by molar-refractivity contribution is -0.0498. The predicted molar refractivity (Wildman–Crippen MR) is 133 cm³/mol. The number of benzene rings is 3. The van der Waals surface area contributed by atoms with Gasteiger partial charge in [-0.15, -0.1) is 11.3 Å². The molecule has 34 heavy (non-hydrogen) atoms. The van der Waals surface area contributed by atoms with Gasteiger partial charge in [-0.05, 0) is 79.6 Å². The van der Waals surface area contributed by atoms with Crippen molar-refractivity contribution in [1.82, 2.24) is 4.68 Å². The Balaban J connectivity index is 1.76. The van der Waals surface area contributed by atoms with E-state index in [0.717, 1.165) is 43.9 Å². The molecule has 3 aromatic carbocycles. The number of thiazole rings is 1. The standard InChI is InChI=1S/C26H25F2N3O2S/c1-16(2)29-26-31(24(15-34-26)18-7-10-22(11-8-18)33-25(27)28)30-17(3)19-5-6-21-14-23(32-4)12-9-20(21)13-19/h5-16,25H,1-4H3. The number of hydrogen-bond donors (Lipinski definition) is 0. The molecule has 0 radical (unpaired) electrons. The number of alkyl halides is 2. The molecule has 0 spiro atoms. The summed E-state index contributed by atoms with van der Waals surface area (Å²) in [6, 6.07) is 18.7. The maximum absolute atomic E-state index is 12.5. The predicted octanol–water partition coefficient (Wildman–Crippen LogP) is 6.56. The smallest absolute Gasteiger partial charge is 0.387 e. The van der Waals surface area contributed by atoms with Crippen LogP contribution in [0.1, 0.15) is 26.3 Å². The number of halogens is 2. The summed E-state index contributed by atoms with van der Waals surface area (Å²) < 4.78 is 36.6. The van der Waals surface area contributed by atoms with Gasteiger partial charge in [0.1, 0.15) is 11.5 Å². The minimum absolute atomic E-state index is 0.0886. The van der Waals surface area contributed by atoms with E-state index in [0.29, 0.717) is 0 Å². The number of hydrogen-bond acceptors (Lipinski definition) is 5. The highest BCUT2D eigenvalue weighted by molar-refractivity contribution is 7.07. The average Bonchev–Trinajstić information content (AvgIpc) is 3.19. The topological polar surface area (TPSA) is 48.1 Å². The molecule has 0 aliphatic heterocycles. The van der Waals surface area contributed by atoms with E-state index >= 15 is 0 Å². The highest BCUT2D eigenvalue weighted by Crippen LogP contribution is 2.25. The van der Waals surface area contributed by atoms with Crippen LogP contribution in [0.4, 0.5) is 8.78 Å². The number of rotatable bonds is 7. The van der Waals surface area contributed by atoms with Crippen LogP contribution in [0, 0.1) is 0 Å². The quantitative estimate of drug-likeness (QED) is 0.281. The van der Waals surface area contributed by atoms with E-state index in [1.165, 1.54) is 23.5 Å². The summed E-state index contributed by atoms with van der Waals surface area (Å²) >= 11 is 1.48. The highest BCUT2D eigenvalue weighted by atomic mass is 32.1. The second kappa shape index (κ2) is 10.2. The molecule has 8 heteroatoms. The van der Waals surface area contributed by atoms with Crippen molar-refractivity contribution in [2.75, 3.05) is 7.11 Å². The monoisotopic (exact) mass is 481 g/mol. The van der Waals surface area contributed by atoms with Gasteiger partial charge in [0.15, 0.2) is 0 Å². The SMILES string of the molecule is COc1ccc2cc(C(C)=Nn3c(-c4ccc(OC(F)F)cc4)csc3=NC(C)C)ccc2c1. The molecule has 0 aliphatic rings. The van der Waals surface area contributed by atoms with Crippen molar-refractivity contribution in [2.24, 2.45) is 10.1 Å². The van der Waals surface area contributed by atoms with Crippen molar-refractivity contribution in [3.05, 3.63) is 76.4 Å². The maximum atomic E-state index is 12.5. The summed E-state index contributed by atoms with van der Waals surface area (Å²) in [5.74, 6) is 0.925. The Labute approximate surface area is 200 Å². The average molecular weight is 482 g/mol. The molecule has 5 nitrogen and oxygen atoms in total. The summed E-state index contributed by atoms with van der Waals surface area (Å²) in [6.07, 6.45) is 0. The van der Waals surface area contributed by atoms with E-state index in [1.807, 2.05) is 56.5 Å². The molecule has 1 aromatic heterocycles. The zero-order chi connectivity index (χ0) is 24.2. The Hall–Kier alpha value is -3.52. The van der Waals surface area contributed by atoms with Crippen LogP contribution in [-0.4, -0.2) is 30.2 Å². The maximum Gasteiger partial charge on any atom is 0.387 e. The molecule has 0 saturated carbocycles. The zero-order valence-electron chi connectivity index (χ0n) is 19.3. The van der Waals surface area contributed by atoms with Gasteiger partial charge in [-0.3, -0.25) is 4.99 Å². The van der Waals surface area contributed by atoms with Gasteiger partial charge in [0, 0.05) is 17.0 Å². The molecule has 0 aliphatic carbocycles. The normalized spacial score (nSPS) is 12.7. The van der Waals surface area contributed by atoms with Crippen molar-refractivity contribution in [3.8, 4) is 22.8 Å². The van der Waals surface area contributed by atoms with Crippen LogP contribution in [0.3, 0.4) is 0 Å². The van der Waals surface area contributed by atoms with Gasteiger partial charge in [-0.1, -0.05) is 18.2 Å². The first kappa shape index (κ1) is 23.6. The molecule has 0 amide bonds. The summed E-state index contributed by atoms with van der Waals surface area (Å²) in [5.41, 5.74) is 3.45. The number of fused-ring (bicyclic) bond motifs is 1. The first-order valence-corrected chi connectivity index (χ1v) is 11.7. The van der Waals surface area contributed by atoms with Gasteiger partial charge in [0.05, 0.1) is 18.5 Å². The fourth-order valence-electron chi connectivity index (χ4n) is 3.50. The van der Waals surface area contributed by atoms with Crippen LogP contribution >= 0.6 is 11.3 Å². The van der Waals surface area contributed by atoms with Crippen LogP contribution < -0.4 is 14.3 Å². The summed E-state index contributed by atoms with van der Waals surface area (Å²) in [4.78, 5) is 5.47. The fraction of sp³-hybridized carbons (Fsp3) is 0.231. The molecule has 0 N–H and O–H groups in total. The number of nitrogens with zero attached hydrogens (tertiary/aromatic N) is 3. The molecular weight excluding hydrogens is 456 g/mol. The molecule has 0 bridgehead atoms. The molecule has 0 atom stereocenters. The third-order valence-electron chi connectivity index (χ3n) is 5.14. The van der Waals surface area contributed by atoms with Crippen molar-refractivity contribution < 1.29 is 18.3 Å². The van der Waals surface area contributed by atoms with E-state index in [2.05, 4.69) is 10.8 Å². The first-order chi connectivity index (χ1) is 16.3. The molecule has 4 rings (SSSR count). The number of methoxy groups -OCH3 is 1. The molecule has 1 heterocycles. The summed E-state index contributed by atoms with van der Waals surface area (Å²) in [7, 11) is 1.65. The van der Waals surface area contributed by atoms with Crippen LogP contribution in [0.15, 0.2) is 76.1 Å². The molecule has 4 aromatic rings. The molecule has 0 saturated heterocycles. The Bertz CT molecular complexity index is 1390. The van der Waals surface area contributed by atoms with E-state index in [1.54, 1.807) is 23.9 Å². The van der Waals surface area contributed by atoms with Gasteiger partial charge < -0.3 is 9.47 Å². The lowest BCUT2D eigenvalue weighted by atomic mass is 10.0. The third-order valence-corrected chi connectivity index (χ3v) is 5.97. The van der Waals surface area contributed by atoms with Crippen LogP contribution in [-0.2, 0) is 0 Å². The van der Waals surface area contributed by atoms with Gasteiger partial charge in [-0.25, -0.2) is 4.68 Å². The van der Waals surface area contributed by atoms with Gasteiger partial charge in [0.2, 0.25) is 4.80 Å². The van der Waals surface area contributed by atoms with Gasteiger partial charge >= 0.3 is 6.61 Å². The van der Waals surface area contributed by atoms with E-state index in [-0.39, 0.29) is 11.8 Å². The Morgan fingerprint density at radius 1 is 0.941 bits per heavy atom. The second-order valence-electron chi connectivity index (χ2n) is 7.95. The first-order valence-electron chi connectivity index (χ1n) is 10.8. The minimum atomic E-state index is -2.86. The minimum Gasteiger partial charge on any atom is -0.497 e. The van der Waals surface area contributed by atoms with Gasteiger partial charge in [0.25, 0.3) is 0 Å². The lowest BCUT2D eigenvalue weighted by Gasteiger charge is -2.09. The van der Waals surface area contributed by atoms with E-state index < -0.39 is 6.61 Å². The van der Waals surface area contributed by atoms with Crippen molar-refractivity contribution in [3.63, 3.8) is 0 Å². The van der Waals surface area contributed by atoms with E-state index in [4.69, 9.17) is 14.8 Å². The molecule has 176 valence electrons. The summed E-state index contributed by atoms with van der Waals surface area (Å²) in [5, 5.41) is 9.04. The van der Waals surface area contributed by atoms with Crippen molar-refractivity contribution in [1.29, 1.82) is 0 Å². The van der Waals surface area contributed by atoms with Gasteiger partial charge in [-0.2, -0.15) is 13.9 Å². The highest BCUT2D eigenvalue weighted by Gasteiger charge is 2.11. The lowest BCUT2D eigenvalue weighted by Crippen LogP contribution is -2.16. The third kappa shape index (κ3) is 5.34. The van der Waals surface area contributed by atoms with Crippen LogP contribution in [0.5, 0.6) is 11.5 Å². The molecule has 0 fully saturated rings. The van der Waals surface area contributed by atoms with Crippen molar-refractivity contribution in [2.45, 2.75) is 33.4 Å². The second-order valence-corrected chi connectivity index (χ2v) is 8.79. The van der Waals surface area contributed by atoms with Crippen LogP contribution in [0.25, 0.3) is 22.0 Å². The number of ether oxygens (including phenoxy) is 2. The van der Waals surface area contributed by atoms with Crippen LogP contribution in [0.2, 0.25) is 0 Å². The number of aromatic nitrogens is 1. The van der Waals surface area contributed by atoms with Crippen molar-refractivity contribution >= 4 is 27.8 Å². The zero-order valence-corrected chi connectivity index (χ0v) is 20.1. The molecule has 0 unspecified atom stereocenters. The van der Waals surface area contributed by atoms with E-state index in [9.17, 15) is 8.78 Å². The Kier molecular flexibility index (Phi) is 7.07. The largest absolute Gasteiger partial charge is 0.497 e. The Morgan fingerprint density at radius 3 is 2.29 bits per heavy atom.